The molecule has 3 rings (SSSR count). The Kier molecular flexibility index (Phi) is 6.40. The van der Waals surface area contributed by atoms with Crippen molar-refractivity contribution < 1.29 is 18.8 Å². The topological polar surface area (TPSA) is 42.8 Å². The predicted molar refractivity (Wildman–Crippen MR) is 108 cm³/mol. The lowest BCUT2D eigenvalue weighted by Crippen LogP contribution is -3.09. The number of nitrogens with one attached hydrogen (secondary N) is 2. The van der Waals surface area contributed by atoms with E-state index < -0.39 is 6.04 Å². The molecule has 2 N–H and O–H groups in total. The van der Waals surface area contributed by atoms with Crippen LogP contribution >= 0.6 is 0 Å². The standard InChI is InChI=1S/C23H23FN2O2/c1-26(16-18-10-6-7-11-21(18)28-2)22(17-8-4-3-5-9-17)23(27)25-20-14-12-19(24)13-15-20/h3-15,22H,16H2,1-2H3,(H,25,27)/p+1/t22-/m1/s1. The largest absolute Gasteiger partial charge is 0.496 e. The van der Waals surface area contributed by atoms with Crippen molar-refractivity contribution in [3.05, 3.63) is 95.8 Å². The van der Waals surface area contributed by atoms with Crippen LogP contribution in [0.3, 0.4) is 0 Å². The molecule has 3 aromatic rings. The first-order valence-corrected chi connectivity index (χ1v) is 9.14. The van der Waals surface area contributed by atoms with Gasteiger partial charge in [-0.2, -0.15) is 0 Å². The fourth-order valence-corrected chi connectivity index (χ4v) is 3.30. The summed E-state index contributed by atoms with van der Waals surface area (Å²) in [6, 6.07) is 22.8. The van der Waals surface area contributed by atoms with Crippen molar-refractivity contribution in [1.82, 2.24) is 0 Å². The molecule has 0 radical (unpaired) electrons. The van der Waals surface area contributed by atoms with E-state index in [4.69, 9.17) is 4.74 Å². The number of ether oxygens (including phenoxy) is 1. The number of anilines is 1. The summed E-state index contributed by atoms with van der Waals surface area (Å²) in [4.78, 5) is 14.1. The second-order valence-electron chi connectivity index (χ2n) is 6.67. The highest BCUT2D eigenvalue weighted by Gasteiger charge is 2.29. The van der Waals surface area contributed by atoms with Crippen LogP contribution in [0.25, 0.3) is 0 Å². The van der Waals surface area contributed by atoms with Crippen LogP contribution in [-0.4, -0.2) is 20.1 Å². The molecule has 4 nitrogen and oxygen atoms in total. The summed E-state index contributed by atoms with van der Waals surface area (Å²) in [5.41, 5.74) is 2.50. The van der Waals surface area contributed by atoms with Gasteiger partial charge in [-0.3, -0.25) is 4.79 Å². The van der Waals surface area contributed by atoms with E-state index in [0.717, 1.165) is 21.8 Å². The zero-order chi connectivity index (χ0) is 19.9. The zero-order valence-electron chi connectivity index (χ0n) is 16.0. The van der Waals surface area contributed by atoms with Crippen LogP contribution in [0.15, 0.2) is 78.9 Å². The zero-order valence-corrected chi connectivity index (χ0v) is 16.0. The molecule has 0 aliphatic heterocycles. The fourth-order valence-electron chi connectivity index (χ4n) is 3.30. The van der Waals surface area contributed by atoms with Crippen molar-refractivity contribution in [2.45, 2.75) is 12.6 Å². The number of amides is 1. The van der Waals surface area contributed by atoms with Crippen molar-refractivity contribution in [1.29, 1.82) is 0 Å². The molecule has 0 aliphatic carbocycles. The average Bonchev–Trinajstić information content (AvgIpc) is 2.71. The number of methoxy groups -OCH3 is 1. The van der Waals surface area contributed by atoms with Crippen LogP contribution in [-0.2, 0) is 11.3 Å². The minimum absolute atomic E-state index is 0.148. The second-order valence-corrected chi connectivity index (χ2v) is 6.67. The number of benzene rings is 3. The number of quaternary nitrogens is 1. The Morgan fingerprint density at radius 1 is 1.00 bits per heavy atom. The Morgan fingerprint density at radius 3 is 2.32 bits per heavy atom. The maximum atomic E-state index is 13.2. The minimum Gasteiger partial charge on any atom is -0.496 e. The number of carbonyl (C=O) groups is 1. The van der Waals surface area contributed by atoms with Crippen molar-refractivity contribution in [2.24, 2.45) is 0 Å². The van der Waals surface area contributed by atoms with Crippen molar-refractivity contribution in [3.63, 3.8) is 0 Å². The van der Waals surface area contributed by atoms with Crippen molar-refractivity contribution in [2.75, 3.05) is 19.5 Å². The van der Waals surface area contributed by atoms with Gasteiger partial charge in [-0.25, -0.2) is 4.39 Å². The number of carbonyl (C=O) groups excluding carboxylic acids is 1. The lowest BCUT2D eigenvalue weighted by molar-refractivity contribution is -0.915. The first kappa shape index (κ1) is 19.6. The first-order valence-electron chi connectivity index (χ1n) is 9.14. The van der Waals surface area contributed by atoms with Gasteiger partial charge in [0.05, 0.1) is 14.2 Å². The van der Waals surface area contributed by atoms with Gasteiger partial charge in [-0.05, 0) is 36.4 Å². The van der Waals surface area contributed by atoms with Gasteiger partial charge in [-0.15, -0.1) is 0 Å². The third kappa shape index (κ3) is 4.75. The van der Waals surface area contributed by atoms with Crippen molar-refractivity contribution >= 4 is 11.6 Å². The summed E-state index contributed by atoms with van der Waals surface area (Å²) in [5.74, 6) is 0.314. The molecule has 28 heavy (non-hydrogen) atoms. The molecule has 1 unspecified atom stereocenters. The monoisotopic (exact) mass is 379 g/mol. The maximum Gasteiger partial charge on any atom is 0.287 e. The van der Waals surface area contributed by atoms with E-state index >= 15 is 0 Å². The summed E-state index contributed by atoms with van der Waals surface area (Å²) in [5, 5.41) is 2.91. The van der Waals surface area contributed by atoms with Gasteiger partial charge in [0.2, 0.25) is 0 Å². The molecule has 3 aromatic carbocycles. The summed E-state index contributed by atoms with van der Waals surface area (Å²) in [6.45, 7) is 0.612. The number of para-hydroxylation sites is 1. The number of hydrogen-bond donors (Lipinski definition) is 2. The highest BCUT2D eigenvalue weighted by atomic mass is 19.1. The molecule has 0 fully saturated rings. The molecule has 1 amide bonds. The smallest absolute Gasteiger partial charge is 0.287 e. The van der Waals surface area contributed by atoms with Gasteiger partial charge < -0.3 is 15.0 Å². The summed E-state index contributed by atoms with van der Waals surface area (Å²) in [7, 11) is 3.62. The average molecular weight is 379 g/mol. The molecule has 2 atom stereocenters. The van der Waals surface area contributed by atoms with Crippen LogP contribution in [0.1, 0.15) is 17.2 Å². The third-order valence-electron chi connectivity index (χ3n) is 4.66. The second kappa shape index (κ2) is 9.15. The highest BCUT2D eigenvalue weighted by Crippen LogP contribution is 2.18. The molecule has 0 spiro atoms. The third-order valence-corrected chi connectivity index (χ3v) is 4.66. The molecule has 5 heteroatoms. The van der Waals surface area contributed by atoms with E-state index in [0.29, 0.717) is 12.2 Å². The molecule has 0 saturated heterocycles. The van der Waals surface area contributed by atoms with Gasteiger partial charge in [0, 0.05) is 16.8 Å². The maximum absolute atomic E-state index is 13.2. The molecular formula is C23H24FN2O2+. The van der Waals surface area contributed by atoms with Gasteiger partial charge in [-0.1, -0.05) is 42.5 Å². The molecular weight excluding hydrogens is 355 g/mol. The normalized spacial score (nSPS) is 12.8. The quantitative estimate of drug-likeness (QED) is 0.662. The molecule has 0 saturated carbocycles. The van der Waals surface area contributed by atoms with E-state index in [9.17, 15) is 9.18 Å². The predicted octanol–water partition coefficient (Wildman–Crippen LogP) is 3.23. The van der Waals surface area contributed by atoms with Crippen molar-refractivity contribution in [3.8, 4) is 5.75 Å². The van der Waals surface area contributed by atoms with Crippen LogP contribution in [0, 0.1) is 5.82 Å². The Balaban J connectivity index is 1.86. The molecule has 0 aliphatic rings. The van der Waals surface area contributed by atoms with Gasteiger partial charge >= 0.3 is 0 Å². The van der Waals surface area contributed by atoms with Gasteiger partial charge in [0.15, 0.2) is 6.04 Å². The molecule has 0 aromatic heterocycles. The minimum atomic E-state index is -0.434. The number of halogens is 1. The van der Waals surface area contributed by atoms with E-state index in [1.165, 1.54) is 12.1 Å². The number of rotatable bonds is 7. The molecule has 144 valence electrons. The Morgan fingerprint density at radius 2 is 1.64 bits per heavy atom. The lowest BCUT2D eigenvalue weighted by atomic mass is 10.0. The molecule has 0 bridgehead atoms. The number of hydrogen-bond acceptors (Lipinski definition) is 2. The van der Waals surface area contributed by atoms with Crippen LogP contribution < -0.4 is 15.0 Å². The van der Waals surface area contributed by atoms with E-state index in [-0.39, 0.29) is 11.7 Å². The highest BCUT2D eigenvalue weighted by molar-refractivity contribution is 5.94. The number of likely N-dealkylation sites (N-methyl/N-ethyl adjacent to an activating group) is 1. The van der Waals surface area contributed by atoms with Gasteiger partial charge in [0.1, 0.15) is 18.1 Å². The summed E-state index contributed by atoms with van der Waals surface area (Å²) < 4.78 is 18.6. The van der Waals surface area contributed by atoms with Gasteiger partial charge in [0.25, 0.3) is 5.91 Å². The van der Waals surface area contributed by atoms with E-state index in [1.54, 1.807) is 19.2 Å². The van der Waals surface area contributed by atoms with Crippen LogP contribution in [0.2, 0.25) is 0 Å². The first-order chi connectivity index (χ1) is 13.6. The molecule has 0 heterocycles. The Bertz CT molecular complexity index is 913. The van der Waals surface area contributed by atoms with Crippen LogP contribution in [0.5, 0.6) is 5.75 Å². The fraction of sp³-hybridized carbons (Fsp3) is 0.174. The van der Waals surface area contributed by atoms with E-state index in [2.05, 4.69) is 5.32 Å². The summed E-state index contributed by atoms with van der Waals surface area (Å²) >= 11 is 0. The van der Waals surface area contributed by atoms with Crippen LogP contribution in [0.4, 0.5) is 10.1 Å². The SMILES string of the molecule is COc1ccccc1C[NH+](C)[C@@H](C(=O)Nc1ccc(F)cc1)c1ccccc1. The Labute approximate surface area is 164 Å². The Hall–Kier alpha value is -3.18. The summed E-state index contributed by atoms with van der Waals surface area (Å²) in [6.07, 6.45) is 0. The van der Waals surface area contributed by atoms with E-state index in [1.807, 2.05) is 61.6 Å². The lowest BCUT2D eigenvalue weighted by Gasteiger charge is -2.25.